The van der Waals surface area contributed by atoms with E-state index in [-0.39, 0.29) is 5.91 Å². The highest BCUT2D eigenvalue weighted by molar-refractivity contribution is 7.99. The Bertz CT molecular complexity index is 248. The molecule has 0 spiro atoms. The van der Waals surface area contributed by atoms with Crippen molar-refractivity contribution in [3.05, 3.63) is 0 Å². The van der Waals surface area contributed by atoms with Crippen LogP contribution >= 0.6 is 11.8 Å². The summed E-state index contributed by atoms with van der Waals surface area (Å²) in [5, 5.41) is 3.78. The number of nitrogens with two attached hydrogens (primary N) is 1. The van der Waals surface area contributed by atoms with Gasteiger partial charge >= 0.3 is 0 Å². The molecule has 4 nitrogen and oxygen atoms in total. The van der Waals surface area contributed by atoms with Gasteiger partial charge in [-0.25, -0.2) is 0 Å². The van der Waals surface area contributed by atoms with E-state index in [0.29, 0.717) is 12.6 Å². The fourth-order valence-electron chi connectivity index (χ4n) is 2.68. The van der Waals surface area contributed by atoms with Crippen molar-refractivity contribution in [2.75, 3.05) is 31.1 Å². The second-order valence-electron chi connectivity index (χ2n) is 5.07. The van der Waals surface area contributed by atoms with Crippen molar-refractivity contribution in [3.63, 3.8) is 0 Å². The lowest BCUT2D eigenvalue weighted by atomic mass is 10.0. The molecule has 0 radical (unpaired) electrons. The van der Waals surface area contributed by atoms with Crippen LogP contribution in [0.25, 0.3) is 0 Å². The summed E-state index contributed by atoms with van der Waals surface area (Å²) in [5.41, 5.74) is 5.21. The van der Waals surface area contributed by atoms with Gasteiger partial charge in [0, 0.05) is 25.2 Å². The van der Waals surface area contributed by atoms with Crippen LogP contribution in [0.15, 0.2) is 0 Å². The maximum absolute atomic E-state index is 10.8. The largest absolute Gasteiger partial charge is 0.369 e. The van der Waals surface area contributed by atoms with Gasteiger partial charge in [-0.3, -0.25) is 9.69 Å². The van der Waals surface area contributed by atoms with Gasteiger partial charge in [0.25, 0.3) is 0 Å². The van der Waals surface area contributed by atoms with Gasteiger partial charge in [-0.15, -0.1) is 0 Å². The fraction of sp³-hybridized carbons (Fsp3) is 0.917. The number of carbonyl (C=O) groups is 1. The molecule has 0 unspecified atom stereocenters. The third-order valence-electron chi connectivity index (χ3n) is 3.66. The van der Waals surface area contributed by atoms with Gasteiger partial charge in [-0.1, -0.05) is 0 Å². The number of thioether (sulfide) groups is 1. The molecule has 2 heterocycles. The van der Waals surface area contributed by atoms with Crippen LogP contribution < -0.4 is 11.1 Å². The smallest absolute Gasteiger partial charge is 0.231 e. The molecule has 98 valence electrons. The van der Waals surface area contributed by atoms with E-state index < -0.39 is 0 Å². The molecular weight excluding hydrogens is 234 g/mol. The highest BCUT2D eigenvalue weighted by Gasteiger charge is 2.23. The van der Waals surface area contributed by atoms with Crippen LogP contribution in [-0.4, -0.2) is 54.0 Å². The van der Waals surface area contributed by atoms with E-state index in [1.165, 1.54) is 24.3 Å². The van der Waals surface area contributed by atoms with Crippen molar-refractivity contribution < 1.29 is 4.79 Å². The van der Waals surface area contributed by atoms with Crippen molar-refractivity contribution in [1.82, 2.24) is 10.2 Å². The van der Waals surface area contributed by atoms with Gasteiger partial charge < -0.3 is 11.1 Å². The number of carbonyl (C=O) groups excluding carboxylic acids is 1. The average Bonchev–Trinajstić information content (AvgIpc) is 2.32. The van der Waals surface area contributed by atoms with Crippen LogP contribution in [0.3, 0.4) is 0 Å². The van der Waals surface area contributed by atoms with Crippen molar-refractivity contribution in [2.24, 2.45) is 5.73 Å². The Kier molecular flexibility index (Phi) is 5.13. The van der Waals surface area contributed by atoms with E-state index in [0.717, 1.165) is 32.0 Å². The van der Waals surface area contributed by atoms with E-state index in [2.05, 4.69) is 22.0 Å². The number of piperidine rings is 1. The molecule has 0 atom stereocenters. The molecule has 1 amide bonds. The fourth-order valence-corrected chi connectivity index (χ4v) is 3.78. The second-order valence-corrected chi connectivity index (χ2v) is 6.29. The number of rotatable bonds is 4. The van der Waals surface area contributed by atoms with Crippen molar-refractivity contribution in [1.29, 1.82) is 0 Å². The van der Waals surface area contributed by atoms with Gasteiger partial charge in [-0.2, -0.15) is 11.8 Å². The summed E-state index contributed by atoms with van der Waals surface area (Å²) in [6, 6.07) is 1.37. The summed E-state index contributed by atoms with van der Waals surface area (Å²) in [6.45, 7) is 2.43. The van der Waals surface area contributed by atoms with E-state index >= 15 is 0 Å². The van der Waals surface area contributed by atoms with Crippen molar-refractivity contribution >= 4 is 17.7 Å². The minimum atomic E-state index is -0.208. The van der Waals surface area contributed by atoms with Crippen LogP contribution in [0.2, 0.25) is 0 Å². The minimum absolute atomic E-state index is 0.208. The molecule has 3 N–H and O–H groups in total. The van der Waals surface area contributed by atoms with Gasteiger partial charge in [-0.05, 0) is 37.2 Å². The number of nitrogens with one attached hydrogen (secondary N) is 1. The Labute approximate surface area is 108 Å². The number of hydrogen-bond donors (Lipinski definition) is 2. The number of amides is 1. The van der Waals surface area contributed by atoms with Crippen LogP contribution in [0.5, 0.6) is 0 Å². The zero-order chi connectivity index (χ0) is 12.1. The number of primary amides is 1. The molecule has 0 bridgehead atoms. The third kappa shape index (κ3) is 4.48. The first-order valence-corrected chi connectivity index (χ1v) is 7.74. The first-order valence-electron chi connectivity index (χ1n) is 6.58. The van der Waals surface area contributed by atoms with Gasteiger partial charge in [0.15, 0.2) is 0 Å². The molecule has 5 heteroatoms. The van der Waals surface area contributed by atoms with Gasteiger partial charge in [0.2, 0.25) is 5.91 Å². The molecule has 0 aromatic heterocycles. The standard InChI is InChI=1S/C12H23N3OS/c13-12(16)9-15-5-1-10(2-6-15)14-11-3-7-17-8-4-11/h10-11,14H,1-9H2,(H2,13,16). The monoisotopic (exact) mass is 257 g/mol. The second kappa shape index (κ2) is 6.61. The molecular formula is C12H23N3OS. The zero-order valence-corrected chi connectivity index (χ0v) is 11.2. The highest BCUT2D eigenvalue weighted by atomic mass is 32.2. The molecule has 2 saturated heterocycles. The summed E-state index contributed by atoms with van der Waals surface area (Å²) in [6.07, 6.45) is 4.92. The molecule has 17 heavy (non-hydrogen) atoms. The maximum atomic E-state index is 10.8. The third-order valence-corrected chi connectivity index (χ3v) is 4.71. The predicted molar refractivity (Wildman–Crippen MR) is 72.1 cm³/mol. The lowest BCUT2D eigenvalue weighted by molar-refractivity contribution is -0.119. The van der Waals surface area contributed by atoms with E-state index in [1.54, 1.807) is 0 Å². The summed E-state index contributed by atoms with van der Waals surface area (Å²) >= 11 is 2.07. The molecule has 2 aliphatic heterocycles. The lowest BCUT2D eigenvalue weighted by Gasteiger charge is -2.35. The molecule has 0 aromatic rings. The Morgan fingerprint density at radius 2 is 1.76 bits per heavy atom. The summed E-state index contributed by atoms with van der Waals surface area (Å²) < 4.78 is 0. The molecule has 0 saturated carbocycles. The Morgan fingerprint density at radius 3 is 2.35 bits per heavy atom. The Morgan fingerprint density at radius 1 is 1.18 bits per heavy atom. The normalized spacial score (nSPS) is 24.9. The molecule has 2 rings (SSSR count). The minimum Gasteiger partial charge on any atom is -0.369 e. The highest BCUT2D eigenvalue weighted by Crippen LogP contribution is 2.19. The van der Waals surface area contributed by atoms with E-state index in [4.69, 9.17) is 5.73 Å². The van der Waals surface area contributed by atoms with Crippen molar-refractivity contribution in [2.45, 2.75) is 37.8 Å². The Hall–Kier alpha value is -0.260. The predicted octanol–water partition coefficient (Wildman–Crippen LogP) is 0.421. The van der Waals surface area contributed by atoms with Crippen LogP contribution in [-0.2, 0) is 4.79 Å². The molecule has 2 aliphatic rings. The average molecular weight is 257 g/mol. The first kappa shape index (κ1) is 13.2. The number of hydrogen-bond acceptors (Lipinski definition) is 4. The maximum Gasteiger partial charge on any atom is 0.231 e. The van der Waals surface area contributed by atoms with Crippen molar-refractivity contribution in [3.8, 4) is 0 Å². The summed E-state index contributed by atoms with van der Waals surface area (Å²) in [5.74, 6) is 2.40. The van der Waals surface area contributed by atoms with Crippen LogP contribution in [0.4, 0.5) is 0 Å². The quantitative estimate of drug-likeness (QED) is 0.766. The number of likely N-dealkylation sites (tertiary alicyclic amines) is 1. The van der Waals surface area contributed by atoms with Crippen LogP contribution in [0.1, 0.15) is 25.7 Å². The van der Waals surface area contributed by atoms with E-state index in [1.807, 2.05) is 0 Å². The summed E-state index contributed by atoms with van der Waals surface area (Å²) in [4.78, 5) is 13.0. The van der Waals surface area contributed by atoms with E-state index in [9.17, 15) is 4.79 Å². The van der Waals surface area contributed by atoms with Gasteiger partial charge in [0.1, 0.15) is 0 Å². The number of nitrogens with zero attached hydrogens (tertiary/aromatic N) is 1. The summed E-state index contributed by atoms with van der Waals surface area (Å²) in [7, 11) is 0. The topological polar surface area (TPSA) is 58.4 Å². The first-order chi connectivity index (χ1) is 8.24. The zero-order valence-electron chi connectivity index (χ0n) is 10.4. The molecule has 0 aliphatic carbocycles. The van der Waals surface area contributed by atoms with Gasteiger partial charge in [0.05, 0.1) is 6.54 Å². The molecule has 2 fully saturated rings. The molecule has 0 aromatic carbocycles. The Balaban J connectivity index is 1.66. The lowest BCUT2D eigenvalue weighted by Crippen LogP contribution is -2.48. The SMILES string of the molecule is NC(=O)CN1CCC(NC2CCSCC2)CC1. The van der Waals surface area contributed by atoms with Crippen LogP contribution in [0, 0.1) is 0 Å².